The normalized spacial score (nSPS) is 13.9. The highest BCUT2D eigenvalue weighted by Crippen LogP contribution is 2.51. The topological polar surface area (TPSA) is 35.5 Å². The lowest BCUT2D eigenvalue weighted by Gasteiger charge is -2.39. The third kappa shape index (κ3) is 2.76. The molecule has 0 radical (unpaired) electrons. The molecule has 0 atom stereocenters. The van der Waals surface area contributed by atoms with Crippen LogP contribution >= 0.6 is 0 Å². The summed E-state index contributed by atoms with van der Waals surface area (Å²) in [6, 6.07) is 25.1. The number of carbonyl (C=O) groups is 1. The first kappa shape index (κ1) is 16.4. The molecule has 0 aromatic heterocycles. The molecule has 0 fully saturated rings. The van der Waals surface area contributed by atoms with Gasteiger partial charge >= 0.3 is 5.97 Å². The van der Waals surface area contributed by atoms with E-state index in [0.29, 0.717) is 5.75 Å². The van der Waals surface area contributed by atoms with Crippen molar-refractivity contribution < 1.29 is 14.3 Å². The smallest absolute Gasteiger partial charge is 0.312 e. The lowest BCUT2D eigenvalue weighted by atomic mass is 9.68. The van der Waals surface area contributed by atoms with E-state index < -0.39 is 5.41 Å². The molecule has 0 saturated carbocycles. The molecule has 0 spiro atoms. The van der Waals surface area contributed by atoms with E-state index >= 15 is 0 Å². The summed E-state index contributed by atoms with van der Waals surface area (Å²) in [5.41, 5.74) is 1.61. The fourth-order valence-electron chi connectivity index (χ4n) is 3.76. The molecule has 4 rings (SSSR count). The van der Waals surface area contributed by atoms with Gasteiger partial charge in [-0.15, -0.1) is 0 Å². The van der Waals surface area contributed by atoms with Gasteiger partial charge in [-0.3, -0.25) is 4.79 Å². The van der Waals surface area contributed by atoms with Gasteiger partial charge in [-0.2, -0.15) is 0 Å². The van der Waals surface area contributed by atoms with Crippen LogP contribution in [0.3, 0.4) is 0 Å². The molecule has 3 aromatic carbocycles. The predicted molar refractivity (Wildman–Crippen MR) is 101 cm³/mol. The minimum Gasteiger partial charge on any atom is -0.457 e. The molecule has 0 bridgehead atoms. The Hall–Kier alpha value is -3.07. The van der Waals surface area contributed by atoms with Gasteiger partial charge in [0.25, 0.3) is 0 Å². The summed E-state index contributed by atoms with van der Waals surface area (Å²) in [7, 11) is 0. The molecular weight excluding hydrogens is 324 g/mol. The minimum absolute atomic E-state index is 0.246. The fourth-order valence-corrected chi connectivity index (χ4v) is 3.76. The van der Waals surface area contributed by atoms with Crippen LogP contribution in [0.5, 0.6) is 17.2 Å². The molecule has 3 heteroatoms. The molecule has 3 aromatic rings. The van der Waals surface area contributed by atoms with E-state index in [1.54, 1.807) is 12.1 Å². The summed E-state index contributed by atoms with van der Waals surface area (Å²) < 4.78 is 11.7. The highest BCUT2D eigenvalue weighted by Gasteiger charge is 2.42. The van der Waals surface area contributed by atoms with E-state index in [4.69, 9.17) is 9.47 Å². The van der Waals surface area contributed by atoms with Gasteiger partial charge in [0.2, 0.25) is 0 Å². The molecule has 1 aliphatic rings. The second kappa shape index (κ2) is 6.68. The molecule has 0 N–H and O–H groups in total. The number of fused-ring (bicyclic) bond motifs is 2. The SMILES string of the molecule is CCC1(CC(=O)Oc2ccccc2)c2ccccc2Oc2ccccc21. The van der Waals surface area contributed by atoms with Crippen molar-refractivity contribution in [1.29, 1.82) is 0 Å². The van der Waals surface area contributed by atoms with Gasteiger partial charge in [-0.05, 0) is 30.7 Å². The molecule has 3 nitrogen and oxygen atoms in total. The minimum atomic E-state index is -0.461. The Morgan fingerprint density at radius 1 is 0.846 bits per heavy atom. The van der Waals surface area contributed by atoms with Gasteiger partial charge < -0.3 is 9.47 Å². The lowest BCUT2D eigenvalue weighted by molar-refractivity contribution is -0.135. The van der Waals surface area contributed by atoms with Gasteiger partial charge in [0, 0.05) is 16.5 Å². The summed E-state index contributed by atoms with van der Waals surface area (Å²) in [6.45, 7) is 2.11. The van der Waals surface area contributed by atoms with E-state index in [1.807, 2.05) is 66.7 Å². The Balaban J connectivity index is 1.75. The van der Waals surface area contributed by atoms with Crippen molar-refractivity contribution in [2.24, 2.45) is 0 Å². The molecule has 0 unspecified atom stereocenters. The van der Waals surface area contributed by atoms with Crippen molar-refractivity contribution in [3.8, 4) is 17.2 Å². The highest BCUT2D eigenvalue weighted by molar-refractivity contribution is 5.77. The second-order valence-electron chi connectivity index (χ2n) is 6.49. The zero-order chi connectivity index (χ0) is 18.0. The summed E-state index contributed by atoms with van der Waals surface area (Å²) >= 11 is 0. The molecule has 130 valence electrons. The number of esters is 1. The number of ether oxygens (including phenoxy) is 2. The first-order valence-corrected chi connectivity index (χ1v) is 8.85. The Bertz CT molecular complexity index is 885. The number of carbonyl (C=O) groups excluding carboxylic acids is 1. The van der Waals surface area contributed by atoms with E-state index in [0.717, 1.165) is 29.0 Å². The maximum absolute atomic E-state index is 12.8. The Morgan fingerprint density at radius 3 is 1.96 bits per heavy atom. The molecule has 1 heterocycles. The van der Waals surface area contributed by atoms with Crippen LogP contribution < -0.4 is 9.47 Å². The average Bonchev–Trinajstić information content (AvgIpc) is 2.68. The van der Waals surface area contributed by atoms with Crippen LogP contribution in [0.25, 0.3) is 0 Å². The van der Waals surface area contributed by atoms with Gasteiger partial charge in [0.1, 0.15) is 17.2 Å². The first-order chi connectivity index (χ1) is 12.7. The predicted octanol–water partition coefficient (Wildman–Crippen LogP) is 5.48. The largest absolute Gasteiger partial charge is 0.457 e. The quantitative estimate of drug-likeness (QED) is 0.464. The van der Waals surface area contributed by atoms with Crippen molar-refractivity contribution in [1.82, 2.24) is 0 Å². The maximum Gasteiger partial charge on any atom is 0.312 e. The number of hydrogen-bond donors (Lipinski definition) is 0. The zero-order valence-electron chi connectivity index (χ0n) is 14.6. The van der Waals surface area contributed by atoms with E-state index in [-0.39, 0.29) is 12.4 Å². The zero-order valence-corrected chi connectivity index (χ0v) is 14.6. The van der Waals surface area contributed by atoms with Gasteiger partial charge in [0.05, 0.1) is 6.42 Å². The summed E-state index contributed by atoms with van der Waals surface area (Å²) in [6.07, 6.45) is 1.03. The maximum atomic E-state index is 12.8. The van der Waals surface area contributed by atoms with Crippen LogP contribution in [0.4, 0.5) is 0 Å². The van der Waals surface area contributed by atoms with Crippen LogP contribution in [0.15, 0.2) is 78.9 Å². The molecule has 1 aliphatic heterocycles. The van der Waals surface area contributed by atoms with Crippen LogP contribution in [0.2, 0.25) is 0 Å². The van der Waals surface area contributed by atoms with Gasteiger partial charge in [-0.1, -0.05) is 61.5 Å². The van der Waals surface area contributed by atoms with Crippen LogP contribution in [-0.4, -0.2) is 5.97 Å². The average molecular weight is 344 g/mol. The summed E-state index contributed by atoms with van der Waals surface area (Å²) in [5, 5.41) is 0. The van der Waals surface area contributed by atoms with Crippen molar-refractivity contribution in [3.63, 3.8) is 0 Å². The van der Waals surface area contributed by atoms with Crippen LogP contribution in [-0.2, 0) is 10.2 Å². The van der Waals surface area contributed by atoms with Gasteiger partial charge in [0.15, 0.2) is 0 Å². The van der Waals surface area contributed by atoms with E-state index in [1.165, 1.54) is 0 Å². The fraction of sp³-hybridized carbons (Fsp3) is 0.174. The number of benzene rings is 3. The van der Waals surface area contributed by atoms with Crippen LogP contribution in [0.1, 0.15) is 30.9 Å². The Morgan fingerprint density at radius 2 is 1.38 bits per heavy atom. The first-order valence-electron chi connectivity index (χ1n) is 8.85. The van der Waals surface area contributed by atoms with E-state index in [2.05, 4.69) is 6.92 Å². The second-order valence-corrected chi connectivity index (χ2v) is 6.49. The molecule has 0 aliphatic carbocycles. The highest BCUT2D eigenvalue weighted by atomic mass is 16.5. The molecular formula is C23H20O3. The van der Waals surface area contributed by atoms with E-state index in [9.17, 15) is 4.79 Å². The number of para-hydroxylation sites is 3. The summed E-state index contributed by atoms with van der Waals surface area (Å²) in [4.78, 5) is 12.8. The lowest BCUT2D eigenvalue weighted by Crippen LogP contribution is -2.34. The summed E-state index contributed by atoms with van der Waals surface area (Å²) in [5.74, 6) is 1.93. The molecule has 0 amide bonds. The van der Waals surface area contributed by atoms with Gasteiger partial charge in [-0.25, -0.2) is 0 Å². The molecule has 26 heavy (non-hydrogen) atoms. The van der Waals surface area contributed by atoms with Crippen molar-refractivity contribution in [2.75, 3.05) is 0 Å². The number of rotatable bonds is 4. The van der Waals surface area contributed by atoms with Crippen molar-refractivity contribution >= 4 is 5.97 Å². The van der Waals surface area contributed by atoms with Crippen LogP contribution in [0, 0.1) is 0 Å². The standard InChI is InChI=1S/C23H20O3/c1-2-23(16-22(24)25-17-10-4-3-5-11-17)18-12-6-8-14-20(18)26-21-15-9-7-13-19(21)23/h3-15H,2,16H2,1H3. The third-order valence-corrected chi connectivity index (χ3v) is 5.05. The Labute approximate surface area is 153 Å². The Kier molecular flexibility index (Phi) is 4.21. The third-order valence-electron chi connectivity index (χ3n) is 5.05. The number of hydrogen-bond acceptors (Lipinski definition) is 3. The van der Waals surface area contributed by atoms with Crippen molar-refractivity contribution in [2.45, 2.75) is 25.2 Å². The van der Waals surface area contributed by atoms with Crippen molar-refractivity contribution in [3.05, 3.63) is 90.0 Å². The monoisotopic (exact) mass is 344 g/mol. The molecule has 0 saturated heterocycles.